The first-order valence-electron chi connectivity index (χ1n) is 5.13. The fraction of sp³-hybridized carbons (Fsp3) is 0.364. The topological polar surface area (TPSA) is 41.1 Å². The van der Waals surface area contributed by atoms with E-state index >= 15 is 0 Å². The fourth-order valence-electron chi connectivity index (χ4n) is 1.14. The zero-order valence-electron chi connectivity index (χ0n) is 9.02. The summed E-state index contributed by atoms with van der Waals surface area (Å²) in [7, 11) is 0. The molecular formula is C11H14BrClN2O. The zero-order valence-corrected chi connectivity index (χ0v) is 11.4. The molecule has 0 radical (unpaired) electrons. The lowest BCUT2D eigenvalue weighted by Crippen LogP contribution is -2.29. The number of nitrogens with one attached hydrogen (secondary N) is 2. The third-order valence-corrected chi connectivity index (χ3v) is 2.80. The van der Waals surface area contributed by atoms with Crippen molar-refractivity contribution in [1.29, 1.82) is 0 Å². The van der Waals surface area contributed by atoms with Gasteiger partial charge in [-0.1, -0.05) is 40.9 Å². The number of hydrogen-bond donors (Lipinski definition) is 2. The Kier molecular flexibility index (Phi) is 5.63. The number of hydrogen-bond acceptors (Lipinski definition) is 1. The fourth-order valence-corrected chi connectivity index (χ4v) is 1.86. The van der Waals surface area contributed by atoms with Crippen molar-refractivity contribution in [3.05, 3.63) is 27.7 Å². The van der Waals surface area contributed by atoms with Crippen molar-refractivity contribution < 1.29 is 4.79 Å². The first kappa shape index (κ1) is 13.3. The van der Waals surface area contributed by atoms with Crippen LogP contribution in [0, 0.1) is 0 Å². The Hall–Kier alpha value is -0.740. The number of carbonyl (C=O) groups is 1. The molecule has 2 N–H and O–H groups in total. The molecule has 0 aromatic heterocycles. The van der Waals surface area contributed by atoms with E-state index in [2.05, 4.69) is 33.5 Å². The van der Waals surface area contributed by atoms with E-state index < -0.39 is 0 Å². The number of amides is 2. The third-order valence-electron chi connectivity index (χ3n) is 2.00. The molecule has 0 aliphatic heterocycles. The highest BCUT2D eigenvalue weighted by atomic mass is 79.9. The standard InChI is InChI=1S/C11H14BrClN2O/c1-2-3-6-14-11(16)15-10-5-4-8(12)7-9(10)13/h4-5,7H,2-3,6H2,1H3,(H2,14,15,16). The molecule has 0 unspecified atom stereocenters. The lowest BCUT2D eigenvalue weighted by Gasteiger charge is -2.08. The largest absolute Gasteiger partial charge is 0.338 e. The molecule has 0 bridgehead atoms. The van der Waals surface area contributed by atoms with Crippen LogP contribution in [0.15, 0.2) is 22.7 Å². The van der Waals surface area contributed by atoms with Crippen molar-refractivity contribution in [2.75, 3.05) is 11.9 Å². The quantitative estimate of drug-likeness (QED) is 0.810. The Labute approximate surface area is 109 Å². The molecule has 2 amide bonds. The molecular weight excluding hydrogens is 291 g/mol. The van der Waals surface area contributed by atoms with Crippen molar-refractivity contribution in [2.24, 2.45) is 0 Å². The summed E-state index contributed by atoms with van der Waals surface area (Å²) in [5.74, 6) is 0. The molecule has 0 heterocycles. The Morgan fingerprint density at radius 1 is 1.50 bits per heavy atom. The maximum atomic E-state index is 11.4. The van der Waals surface area contributed by atoms with Crippen molar-refractivity contribution >= 4 is 39.2 Å². The zero-order chi connectivity index (χ0) is 12.0. The molecule has 1 aromatic rings. The second-order valence-electron chi connectivity index (χ2n) is 3.36. The monoisotopic (exact) mass is 304 g/mol. The van der Waals surface area contributed by atoms with Gasteiger partial charge < -0.3 is 10.6 Å². The van der Waals surface area contributed by atoms with Crippen molar-refractivity contribution in [3.63, 3.8) is 0 Å². The smallest absolute Gasteiger partial charge is 0.319 e. The van der Waals surface area contributed by atoms with E-state index in [0.29, 0.717) is 17.3 Å². The summed E-state index contributed by atoms with van der Waals surface area (Å²) >= 11 is 9.26. The van der Waals surface area contributed by atoms with Crippen molar-refractivity contribution in [2.45, 2.75) is 19.8 Å². The van der Waals surface area contributed by atoms with Crippen LogP contribution in [0.5, 0.6) is 0 Å². The molecule has 0 saturated carbocycles. The normalized spacial score (nSPS) is 9.94. The van der Waals surface area contributed by atoms with E-state index in [-0.39, 0.29) is 6.03 Å². The van der Waals surface area contributed by atoms with Gasteiger partial charge in [0.25, 0.3) is 0 Å². The maximum absolute atomic E-state index is 11.4. The number of carbonyl (C=O) groups excluding carboxylic acids is 1. The Morgan fingerprint density at radius 3 is 2.88 bits per heavy atom. The number of benzene rings is 1. The van der Waals surface area contributed by atoms with E-state index in [9.17, 15) is 4.79 Å². The van der Waals surface area contributed by atoms with E-state index in [4.69, 9.17) is 11.6 Å². The van der Waals surface area contributed by atoms with Crippen LogP contribution in [0.25, 0.3) is 0 Å². The second kappa shape index (κ2) is 6.76. The molecule has 3 nitrogen and oxygen atoms in total. The van der Waals surface area contributed by atoms with E-state index in [1.54, 1.807) is 12.1 Å². The third kappa shape index (κ3) is 4.41. The minimum absolute atomic E-state index is 0.224. The van der Waals surface area contributed by atoms with Gasteiger partial charge in [0.1, 0.15) is 0 Å². The molecule has 1 aromatic carbocycles. The van der Waals surface area contributed by atoms with Crippen LogP contribution in [-0.2, 0) is 0 Å². The SMILES string of the molecule is CCCCNC(=O)Nc1ccc(Br)cc1Cl. The van der Waals surface area contributed by atoms with Crippen LogP contribution in [0.1, 0.15) is 19.8 Å². The lowest BCUT2D eigenvalue weighted by molar-refractivity contribution is 0.252. The Bertz CT molecular complexity index is 371. The highest BCUT2D eigenvalue weighted by molar-refractivity contribution is 9.10. The molecule has 0 atom stereocenters. The average molecular weight is 306 g/mol. The van der Waals surface area contributed by atoms with Crippen molar-refractivity contribution in [1.82, 2.24) is 5.32 Å². The van der Waals surface area contributed by atoms with Gasteiger partial charge in [-0.15, -0.1) is 0 Å². The number of urea groups is 1. The van der Waals surface area contributed by atoms with Gasteiger partial charge in [-0.05, 0) is 24.6 Å². The van der Waals surface area contributed by atoms with Crippen LogP contribution in [0.2, 0.25) is 5.02 Å². The van der Waals surface area contributed by atoms with Gasteiger partial charge in [-0.25, -0.2) is 4.79 Å². The maximum Gasteiger partial charge on any atom is 0.319 e. The van der Waals surface area contributed by atoms with E-state index in [1.165, 1.54) is 0 Å². The van der Waals surface area contributed by atoms with Crippen molar-refractivity contribution in [3.8, 4) is 0 Å². The summed E-state index contributed by atoms with van der Waals surface area (Å²) in [4.78, 5) is 11.4. The molecule has 0 aliphatic carbocycles. The minimum Gasteiger partial charge on any atom is -0.338 e. The first-order chi connectivity index (χ1) is 7.63. The molecule has 5 heteroatoms. The van der Waals surface area contributed by atoms with Crippen LogP contribution in [-0.4, -0.2) is 12.6 Å². The van der Waals surface area contributed by atoms with E-state index in [0.717, 1.165) is 17.3 Å². The predicted molar refractivity (Wildman–Crippen MR) is 71.1 cm³/mol. The predicted octanol–water partition coefficient (Wildman–Crippen LogP) is 4.02. The number of anilines is 1. The number of halogens is 2. The highest BCUT2D eigenvalue weighted by Gasteiger charge is 2.04. The van der Waals surface area contributed by atoms with E-state index in [1.807, 2.05) is 6.07 Å². The van der Waals surface area contributed by atoms with Gasteiger partial charge in [-0.3, -0.25) is 0 Å². The van der Waals surface area contributed by atoms with Crippen LogP contribution >= 0.6 is 27.5 Å². The summed E-state index contributed by atoms with van der Waals surface area (Å²) < 4.78 is 0.884. The van der Waals surface area contributed by atoms with Gasteiger partial charge in [0.05, 0.1) is 10.7 Å². The van der Waals surface area contributed by atoms with Crippen LogP contribution < -0.4 is 10.6 Å². The summed E-state index contributed by atoms with van der Waals surface area (Å²) in [6.07, 6.45) is 2.03. The lowest BCUT2D eigenvalue weighted by atomic mass is 10.3. The molecule has 0 aliphatic rings. The number of rotatable bonds is 4. The van der Waals surface area contributed by atoms with Gasteiger partial charge >= 0.3 is 6.03 Å². The summed E-state index contributed by atoms with van der Waals surface area (Å²) in [5.41, 5.74) is 0.610. The average Bonchev–Trinajstić information content (AvgIpc) is 2.23. The highest BCUT2D eigenvalue weighted by Crippen LogP contribution is 2.25. The molecule has 16 heavy (non-hydrogen) atoms. The molecule has 0 fully saturated rings. The molecule has 0 spiro atoms. The van der Waals surface area contributed by atoms with Gasteiger partial charge in [-0.2, -0.15) is 0 Å². The minimum atomic E-state index is -0.224. The van der Waals surface area contributed by atoms with Gasteiger partial charge in [0.2, 0.25) is 0 Å². The van der Waals surface area contributed by atoms with Gasteiger partial charge in [0.15, 0.2) is 0 Å². The molecule has 1 rings (SSSR count). The Morgan fingerprint density at radius 2 is 2.25 bits per heavy atom. The molecule has 88 valence electrons. The molecule has 0 saturated heterocycles. The second-order valence-corrected chi connectivity index (χ2v) is 4.68. The first-order valence-corrected chi connectivity index (χ1v) is 6.30. The summed E-state index contributed by atoms with van der Waals surface area (Å²) in [5, 5.41) is 5.96. The van der Waals surface area contributed by atoms with Gasteiger partial charge in [0, 0.05) is 11.0 Å². The summed E-state index contributed by atoms with van der Waals surface area (Å²) in [6.45, 7) is 2.75. The van der Waals surface area contributed by atoms with Crippen LogP contribution in [0.4, 0.5) is 10.5 Å². The number of unbranched alkanes of at least 4 members (excludes halogenated alkanes) is 1. The Balaban J connectivity index is 2.49. The summed E-state index contributed by atoms with van der Waals surface area (Å²) in [6, 6.07) is 5.10. The van der Waals surface area contributed by atoms with Crippen LogP contribution in [0.3, 0.4) is 0 Å².